The van der Waals surface area contributed by atoms with Gasteiger partial charge in [0.05, 0.1) is 0 Å². The summed E-state index contributed by atoms with van der Waals surface area (Å²) in [6, 6.07) is 0. The average molecular weight is 229 g/mol. The van der Waals surface area contributed by atoms with Crippen LogP contribution in [0.15, 0.2) is 12.2 Å². The fraction of sp³-hybridized carbons (Fsp3) is 0.857. The van der Waals surface area contributed by atoms with Gasteiger partial charge in [-0.1, -0.05) is 39.8 Å². The minimum absolute atomic E-state index is 0.0566. The van der Waals surface area contributed by atoms with E-state index in [1.165, 1.54) is 5.57 Å². The molecule has 0 aromatic heterocycles. The lowest BCUT2D eigenvalue weighted by molar-refractivity contribution is 0.0206. The summed E-state index contributed by atoms with van der Waals surface area (Å²) in [5.41, 5.74) is 1.81. The maximum Gasteiger partial charge on any atom is 0.0429 e. The Bertz CT molecular complexity index is 251. The molecule has 1 fully saturated rings. The van der Waals surface area contributed by atoms with Crippen LogP contribution in [0.25, 0.3) is 0 Å². The maximum atomic E-state index is 6.58. The van der Waals surface area contributed by atoms with Crippen molar-refractivity contribution in [3.63, 3.8) is 0 Å². The van der Waals surface area contributed by atoms with Crippen LogP contribution >= 0.6 is 11.6 Å². The molecule has 1 aliphatic carbocycles. The van der Waals surface area contributed by atoms with Crippen molar-refractivity contribution in [1.29, 1.82) is 0 Å². The van der Waals surface area contributed by atoms with E-state index in [1.54, 1.807) is 0 Å². The Balaban J connectivity index is 3.12. The van der Waals surface area contributed by atoms with Gasteiger partial charge in [-0.25, -0.2) is 0 Å². The number of hydrogen-bond donors (Lipinski definition) is 0. The number of hydrogen-bond acceptors (Lipinski definition) is 0. The van der Waals surface area contributed by atoms with Gasteiger partial charge >= 0.3 is 0 Å². The molecule has 1 heteroatoms. The summed E-state index contributed by atoms with van der Waals surface area (Å²) in [7, 11) is 0. The predicted molar refractivity (Wildman–Crippen MR) is 69.4 cm³/mol. The van der Waals surface area contributed by atoms with Gasteiger partial charge in [0.2, 0.25) is 0 Å². The summed E-state index contributed by atoms with van der Waals surface area (Å²) < 4.78 is 0. The lowest BCUT2D eigenvalue weighted by atomic mass is 9.53. The Hall–Kier alpha value is 0.0300. The van der Waals surface area contributed by atoms with Gasteiger partial charge in [0.15, 0.2) is 0 Å². The number of alkyl halides is 1. The molecule has 0 aromatic carbocycles. The van der Waals surface area contributed by atoms with Gasteiger partial charge in [0.25, 0.3) is 0 Å². The molecule has 0 radical (unpaired) electrons. The Kier molecular flexibility index (Phi) is 3.07. The van der Waals surface area contributed by atoms with Gasteiger partial charge < -0.3 is 0 Å². The SMILES string of the molecule is C=C(C)C1C(C)(C)CC(C)(Cl)CC1(C)C. The molecule has 0 unspecified atom stereocenters. The minimum Gasteiger partial charge on any atom is -0.120 e. The Labute approximate surface area is 100 Å². The first-order chi connectivity index (χ1) is 6.48. The van der Waals surface area contributed by atoms with Crippen molar-refractivity contribution in [2.75, 3.05) is 0 Å². The van der Waals surface area contributed by atoms with Crippen molar-refractivity contribution in [3.8, 4) is 0 Å². The zero-order valence-electron chi connectivity index (χ0n) is 11.1. The lowest BCUT2D eigenvalue weighted by Gasteiger charge is -2.55. The standard InChI is InChI=1S/C14H25Cl/c1-10(2)11-12(3,4)8-14(7,15)9-13(11,5)6/h11H,1,8-9H2,2-7H3. The molecule has 0 aromatic rings. The molecule has 0 spiro atoms. The van der Waals surface area contributed by atoms with Crippen LogP contribution < -0.4 is 0 Å². The van der Waals surface area contributed by atoms with Crippen molar-refractivity contribution < 1.29 is 0 Å². The number of halogens is 1. The third kappa shape index (κ3) is 2.58. The van der Waals surface area contributed by atoms with Crippen LogP contribution in [0.5, 0.6) is 0 Å². The summed E-state index contributed by atoms with van der Waals surface area (Å²) in [5, 5.41) is 0. The summed E-state index contributed by atoms with van der Waals surface area (Å²) in [6.07, 6.45) is 2.14. The van der Waals surface area contributed by atoms with Gasteiger partial charge in [-0.3, -0.25) is 0 Å². The fourth-order valence-corrected chi connectivity index (χ4v) is 5.25. The molecule has 1 saturated carbocycles. The molecule has 1 aliphatic rings. The highest BCUT2D eigenvalue weighted by molar-refractivity contribution is 6.23. The Morgan fingerprint density at radius 1 is 1.07 bits per heavy atom. The number of allylic oxidation sites excluding steroid dienone is 1. The summed E-state index contributed by atoms with van der Waals surface area (Å²) in [5.74, 6) is 0.567. The monoisotopic (exact) mass is 228 g/mol. The average Bonchev–Trinajstić information content (AvgIpc) is 1.71. The fourth-order valence-electron chi connectivity index (χ4n) is 4.56. The Morgan fingerprint density at radius 2 is 1.40 bits per heavy atom. The second kappa shape index (κ2) is 3.52. The summed E-state index contributed by atoms with van der Waals surface area (Å²) in [4.78, 5) is -0.0566. The molecule has 0 aliphatic heterocycles. The molecule has 0 N–H and O–H groups in total. The zero-order valence-corrected chi connectivity index (χ0v) is 11.8. The van der Waals surface area contributed by atoms with E-state index >= 15 is 0 Å². The van der Waals surface area contributed by atoms with Crippen LogP contribution in [0, 0.1) is 16.7 Å². The van der Waals surface area contributed by atoms with E-state index in [4.69, 9.17) is 11.6 Å². The third-order valence-corrected chi connectivity index (χ3v) is 3.97. The van der Waals surface area contributed by atoms with Crippen LogP contribution in [-0.4, -0.2) is 4.87 Å². The van der Waals surface area contributed by atoms with Crippen LogP contribution in [0.2, 0.25) is 0 Å². The van der Waals surface area contributed by atoms with Gasteiger partial charge in [0.1, 0.15) is 0 Å². The van der Waals surface area contributed by atoms with Gasteiger partial charge in [-0.05, 0) is 43.4 Å². The molecule has 0 heterocycles. The summed E-state index contributed by atoms with van der Waals surface area (Å²) in [6.45, 7) is 17.8. The quantitative estimate of drug-likeness (QED) is 0.437. The van der Waals surface area contributed by atoms with E-state index < -0.39 is 0 Å². The molecule has 0 bridgehead atoms. The molecular weight excluding hydrogens is 204 g/mol. The lowest BCUT2D eigenvalue weighted by Crippen LogP contribution is -2.49. The van der Waals surface area contributed by atoms with Crippen LogP contribution in [0.4, 0.5) is 0 Å². The smallest absolute Gasteiger partial charge is 0.0429 e. The second-order valence-corrected chi connectivity index (χ2v) is 7.94. The van der Waals surface area contributed by atoms with Crippen LogP contribution in [-0.2, 0) is 0 Å². The van der Waals surface area contributed by atoms with Crippen molar-refractivity contribution in [3.05, 3.63) is 12.2 Å². The number of rotatable bonds is 1. The van der Waals surface area contributed by atoms with Gasteiger partial charge in [-0.2, -0.15) is 0 Å². The minimum atomic E-state index is -0.0566. The Morgan fingerprint density at radius 3 is 1.67 bits per heavy atom. The molecule has 0 amide bonds. The van der Waals surface area contributed by atoms with Crippen molar-refractivity contribution >= 4 is 11.6 Å². The molecule has 15 heavy (non-hydrogen) atoms. The predicted octanol–water partition coefficient (Wildman–Crippen LogP) is 5.02. The zero-order chi connectivity index (χ0) is 12.1. The largest absolute Gasteiger partial charge is 0.120 e. The summed E-state index contributed by atoms with van der Waals surface area (Å²) >= 11 is 6.58. The first-order valence-electron chi connectivity index (χ1n) is 5.82. The van der Waals surface area contributed by atoms with Crippen molar-refractivity contribution in [2.45, 2.75) is 59.3 Å². The van der Waals surface area contributed by atoms with E-state index in [0.717, 1.165) is 12.8 Å². The molecule has 1 rings (SSSR count). The first kappa shape index (κ1) is 13.1. The molecule has 0 atom stereocenters. The van der Waals surface area contributed by atoms with E-state index in [1.807, 2.05) is 0 Å². The molecule has 0 saturated heterocycles. The van der Waals surface area contributed by atoms with E-state index in [0.29, 0.717) is 5.92 Å². The van der Waals surface area contributed by atoms with E-state index in [9.17, 15) is 0 Å². The highest BCUT2D eigenvalue weighted by Crippen LogP contribution is 2.58. The van der Waals surface area contributed by atoms with Crippen LogP contribution in [0.1, 0.15) is 54.4 Å². The molecule has 88 valence electrons. The van der Waals surface area contributed by atoms with Crippen molar-refractivity contribution in [2.24, 2.45) is 16.7 Å². The van der Waals surface area contributed by atoms with Crippen LogP contribution in [0.3, 0.4) is 0 Å². The van der Waals surface area contributed by atoms with Gasteiger partial charge in [-0.15, -0.1) is 11.6 Å². The normalized spacial score (nSPS) is 38.7. The second-order valence-electron chi connectivity index (χ2n) is 7.02. The van der Waals surface area contributed by atoms with E-state index in [2.05, 4.69) is 48.1 Å². The highest BCUT2D eigenvalue weighted by Gasteiger charge is 2.51. The molecular formula is C14H25Cl. The highest BCUT2D eigenvalue weighted by atomic mass is 35.5. The third-order valence-electron chi connectivity index (χ3n) is 3.70. The first-order valence-corrected chi connectivity index (χ1v) is 6.20. The maximum absolute atomic E-state index is 6.58. The van der Waals surface area contributed by atoms with E-state index in [-0.39, 0.29) is 15.7 Å². The van der Waals surface area contributed by atoms with Crippen molar-refractivity contribution in [1.82, 2.24) is 0 Å². The molecule has 0 nitrogen and oxygen atoms in total. The topological polar surface area (TPSA) is 0 Å². The van der Waals surface area contributed by atoms with Gasteiger partial charge in [0, 0.05) is 4.87 Å².